The number of hydrogen-bond donors (Lipinski definition) is 9. The summed E-state index contributed by atoms with van der Waals surface area (Å²) in [4.78, 5) is 115. The van der Waals surface area contributed by atoms with Crippen molar-refractivity contribution < 1.29 is 48.6 Å². The second kappa shape index (κ2) is 21.2. The Hall–Kier alpha value is -5.89. The molecule has 4 rings (SSSR count). The third-order valence-electron chi connectivity index (χ3n) is 10.4. The predicted molar refractivity (Wildman–Crippen MR) is 210 cm³/mol. The van der Waals surface area contributed by atoms with Crippen molar-refractivity contribution in [2.24, 2.45) is 11.7 Å². The van der Waals surface area contributed by atoms with Gasteiger partial charge in [0, 0.05) is 37.8 Å². The lowest BCUT2D eigenvalue weighted by Crippen LogP contribution is -2.61. The van der Waals surface area contributed by atoms with Gasteiger partial charge in [-0.2, -0.15) is 0 Å². The van der Waals surface area contributed by atoms with Gasteiger partial charge in [-0.05, 0) is 51.0 Å². The van der Waals surface area contributed by atoms with Crippen molar-refractivity contribution in [3.63, 3.8) is 0 Å². The Morgan fingerprint density at radius 3 is 1.93 bits per heavy atom. The van der Waals surface area contributed by atoms with Gasteiger partial charge in [-0.1, -0.05) is 44.2 Å². The van der Waals surface area contributed by atoms with Crippen LogP contribution >= 0.6 is 0 Å². The number of carboxylic acid groups (broad SMARTS) is 1. The van der Waals surface area contributed by atoms with Gasteiger partial charge in [-0.25, -0.2) is 9.78 Å². The highest BCUT2D eigenvalue weighted by Gasteiger charge is 2.43. The summed E-state index contributed by atoms with van der Waals surface area (Å²) in [6.45, 7) is 6.23. The lowest BCUT2D eigenvalue weighted by atomic mass is 10.0. The number of benzene rings is 1. The quantitative estimate of drug-likeness (QED) is 0.0723. The van der Waals surface area contributed by atoms with E-state index in [4.69, 9.17) is 5.73 Å². The molecule has 8 atom stereocenters. The van der Waals surface area contributed by atoms with E-state index in [1.165, 1.54) is 36.2 Å². The Morgan fingerprint density at radius 2 is 1.39 bits per heavy atom. The number of H-pyrrole nitrogens is 1. The smallest absolute Gasteiger partial charge is 0.326 e. The summed E-state index contributed by atoms with van der Waals surface area (Å²) in [5, 5.41) is 33.1. The van der Waals surface area contributed by atoms with Crippen molar-refractivity contribution in [3.05, 3.63) is 54.1 Å². The zero-order valence-corrected chi connectivity index (χ0v) is 33.7. The number of carbonyl (C=O) groups is 8. The zero-order valence-electron chi connectivity index (χ0n) is 33.7. The molecule has 7 amide bonds. The first-order valence-electron chi connectivity index (χ1n) is 19.8. The standard InChI is InChI=1S/C39H56N10O10/c1-21(2)31(46-33(52)22(3)43-30(51)18-40)38(57)49-15-9-12-28(49)34(53)44-26(16-24-10-6-5-7-11-24)37(56)48-14-8-13-29(48)35(54)47-32(23(4)50)36(55)45-27(39(58)59)17-25-19-41-20-42-25/h5-7,10-11,19-23,26-29,31-32,50H,8-9,12-18,40H2,1-4H3,(H,41,42)(H,43,51)(H,44,53)(H,45,55)(H,46,52)(H,47,54)(H,58,59)/t22-,23+,26-,27-,28-,29-,31-,32-/m0/s1. The molecule has 0 radical (unpaired) electrons. The molecule has 322 valence electrons. The van der Waals surface area contributed by atoms with Crippen LogP contribution in [0.1, 0.15) is 64.6 Å². The van der Waals surface area contributed by atoms with Crippen LogP contribution in [0, 0.1) is 5.92 Å². The highest BCUT2D eigenvalue weighted by Crippen LogP contribution is 2.23. The number of hydrogen-bond acceptors (Lipinski definition) is 11. The third-order valence-corrected chi connectivity index (χ3v) is 10.4. The maximum Gasteiger partial charge on any atom is 0.326 e. The molecule has 2 aliphatic heterocycles. The normalized spacial score (nSPS) is 19.4. The number of carboxylic acids is 1. The summed E-state index contributed by atoms with van der Waals surface area (Å²) in [6.07, 6.45) is 2.59. The number of aliphatic hydroxyl groups excluding tert-OH is 1. The molecule has 1 aromatic heterocycles. The summed E-state index contributed by atoms with van der Waals surface area (Å²) < 4.78 is 0. The largest absolute Gasteiger partial charge is 0.480 e. The molecule has 20 nitrogen and oxygen atoms in total. The highest BCUT2D eigenvalue weighted by molar-refractivity contribution is 5.98. The van der Waals surface area contributed by atoms with Crippen molar-refractivity contribution >= 4 is 47.3 Å². The van der Waals surface area contributed by atoms with Gasteiger partial charge in [-0.3, -0.25) is 33.6 Å². The topological polar surface area (TPSA) is 298 Å². The molecule has 59 heavy (non-hydrogen) atoms. The molecule has 2 saturated heterocycles. The number of carbonyl (C=O) groups excluding carboxylic acids is 7. The molecule has 3 heterocycles. The second-order valence-corrected chi connectivity index (χ2v) is 15.3. The van der Waals surface area contributed by atoms with Crippen LogP contribution in [0.3, 0.4) is 0 Å². The monoisotopic (exact) mass is 824 g/mol. The van der Waals surface area contributed by atoms with Gasteiger partial charge in [0.05, 0.1) is 19.0 Å². The van der Waals surface area contributed by atoms with Gasteiger partial charge >= 0.3 is 5.97 Å². The van der Waals surface area contributed by atoms with Crippen LogP contribution < -0.4 is 32.3 Å². The lowest BCUT2D eigenvalue weighted by Gasteiger charge is -2.33. The zero-order chi connectivity index (χ0) is 43.4. The third kappa shape index (κ3) is 12.3. The molecule has 0 aliphatic carbocycles. The number of aromatic nitrogens is 2. The van der Waals surface area contributed by atoms with Gasteiger partial charge in [0.15, 0.2) is 0 Å². The Bertz CT molecular complexity index is 1810. The first-order valence-corrected chi connectivity index (χ1v) is 19.8. The summed E-state index contributed by atoms with van der Waals surface area (Å²) >= 11 is 0. The predicted octanol–water partition coefficient (Wildman–Crippen LogP) is -2.30. The summed E-state index contributed by atoms with van der Waals surface area (Å²) in [5.41, 5.74) is 6.49. The van der Waals surface area contributed by atoms with Crippen LogP contribution in [0.5, 0.6) is 0 Å². The fourth-order valence-electron chi connectivity index (χ4n) is 7.19. The molecular weight excluding hydrogens is 768 g/mol. The number of nitrogens with two attached hydrogens (primary N) is 1. The molecular formula is C39H56N10O10. The van der Waals surface area contributed by atoms with Gasteiger partial charge in [0.25, 0.3) is 0 Å². The molecule has 0 saturated carbocycles. The van der Waals surface area contributed by atoms with E-state index in [1.807, 2.05) is 0 Å². The molecule has 2 fully saturated rings. The average molecular weight is 825 g/mol. The number of amides is 7. The van der Waals surface area contributed by atoms with Crippen LogP contribution in [0.2, 0.25) is 0 Å². The number of likely N-dealkylation sites (tertiary alicyclic amines) is 2. The van der Waals surface area contributed by atoms with E-state index in [1.54, 1.807) is 44.2 Å². The van der Waals surface area contributed by atoms with Crippen LogP contribution in [0.4, 0.5) is 0 Å². The molecule has 2 aliphatic rings. The van der Waals surface area contributed by atoms with Crippen LogP contribution in [-0.4, -0.2) is 145 Å². The van der Waals surface area contributed by atoms with E-state index < -0.39 is 95.7 Å². The van der Waals surface area contributed by atoms with Crippen molar-refractivity contribution in [3.8, 4) is 0 Å². The Kier molecular flexibility index (Phi) is 16.5. The van der Waals surface area contributed by atoms with Crippen molar-refractivity contribution in [2.45, 2.75) is 115 Å². The van der Waals surface area contributed by atoms with Gasteiger partial charge in [0.2, 0.25) is 41.4 Å². The number of aliphatic hydroxyl groups is 1. The number of nitrogens with one attached hydrogen (secondary N) is 6. The van der Waals surface area contributed by atoms with Crippen molar-refractivity contribution in [1.29, 1.82) is 0 Å². The van der Waals surface area contributed by atoms with Gasteiger partial charge in [0.1, 0.15) is 42.3 Å². The Balaban J connectivity index is 1.50. The van der Waals surface area contributed by atoms with E-state index in [-0.39, 0.29) is 51.2 Å². The van der Waals surface area contributed by atoms with Crippen LogP contribution in [-0.2, 0) is 51.2 Å². The van der Waals surface area contributed by atoms with E-state index in [0.29, 0.717) is 24.1 Å². The Morgan fingerprint density at radius 1 is 0.780 bits per heavy atom. The van der Waals surface area contributed by atoms with E-state index in [0.717, 1.165) is 0 Å². The maximum atomic E-state index is 14.4. The second-order valence-electron chi connectivity index (χ2n) is 15.3. The number of imidazole rings is 1. The molecule has 2 aromatic rings. The number of aliphatic carboxylic acids is 1. The first kappa shape index (κ1) is 45.8. The van der Waals surface area contributed by atoms with E-state index >= 15 is 0 Å². The first-order chi connectivity index (χ1) is 28.0. The minimum atomic E-state index is -1.57. The maximum absolute atomic E-state index is 14.4. The fraction of sp³-hybridized carbons (Fsp3) is 0.564. The molecule has 0 spiro atoms. The number of nitrogens with zero attached hydrogens (tertiary/aromatic N) is 3. The van der Waals surface area contributed by atoms with Crippen LogP contribution in [0.15, 0.2) is 42.9 Å². The molecule has 20 heteroatoms. The van der Waals surface area contributed by atoms with Crippen molar-refractivity contribution in [1.82, 2.24) is 46.4 Å². The minimum absolute atomic E-state index is 0.0413. The van der Waals surface area contributed by atoms with E-state index in [9.17, 15) is 48.6 Å². The highest BCUT2D eigenvalue weighted by atomic mass is 16.4. The minimum Gasteiger partial charge on any atom is -0.480 e. The summed E-state index contributed by atoms with van der Waals surface area (Å²) in [7, 11) is 0. The molecule has 0 unspecified atom stereocenters. The SMILES string of the molecule is CC(C)[C@H](NC(=O)[C@H](C)NC(=O)CN)C(=O)N1CCC[C@H]1C(=O)N[C@@H](Cc1ccccc1)C(=O)N1CCC[C@H]1C(=O)N[C@H](C(=O)N[C@@H](Cc1cnc[nH]1)C(=O)O)[C@@H](C)O. The average Bonchev–Trinajstić information content (AvgIpc) is 4.01. The summed E-state index contributed by atoms with van der Waals surface area (Å²) in [6, 6.07) is 0.663. The van der Waals surface area contributed by atoms with Crippen LogP contribution in [0.25, 0.3) is 0 Å². The fourth-order valence-corrected chi connectivity index (χ4v) is 7.19. The Labute approximate surface area is 341 Å². The molecule has 1 aromatic carbocycles. The van der Waals surface area contributed by atoms with Gasteiger partial charge in [-0.15, -0.1) is 0 Å². The lowest BCUT2D eigenvalue weighted by molar-refractivity contribution is -0.145. The van der Waals surface area contributed by atoms with E-state index in [2.05, 4.69) is 36.6 Å². The van der Waals surface area contributed by atoms with Gasteiger partial charge < -0.3 is 57.3 Å². The molecule has 10 N–H and O–H groups in total. The number of rotatable bonds is 19. The summed E-state index contributed by atoms with van der Waals surface area (Å²) in [5.74, 6) is -6.28. The number of aromatic amines is 1. The molecule has 0 bridgehead atoms. The van der Waals surface area contributed by atoms with Crippen molar-refractivity contribution in [2.75, 3.05) is 19.6 Å².